The summed E-state index contributed by atoms with van der Waals surface area (Å²) in [5.41, 5.74) is 0.477. The smallest absolute Gasteiger partial charge is 0.338 e. The van der Waals surface area contributed by atoms with E-state index in [1.807, 2.05) is 11.0 Å². The minimum atomic E-state index is -0.821. The molecule has 0 amide bonds. The number of nitrogens with zero attached hydrogens (tertiary/aromatic N) is 1. The van der Waals surface area contributed by atoms with Gasteiger partial charge in [0, 0.05) is 6.54 Å². The summed E-state index contributed by atoms with van der Waals surface area (Å²) in [7, 11) is 0. The molecule has 2 heterocycles. The summed E-state index contributed by atoms with van der Waals surface area (Å²) >= 11 is 0. The fraction of sp³-hybridized carbons (Fsp3) is 0.533. The minimum Gasteiger partial charge on any atom is -0.455 e. The molecule has 0 saturated carbocycles. The Labute approximate surface area is 117 Å². The van der Waals surface area contributed by atoms with Crippen molar-refractivity contribution in [1.29, 1.82) is 0 Å². The first-order chi connectivity index (χ1) is 9.66. The lowest BCUT2D eigenvalue weighted by molar-refractivity contribution is -0.0364. The Kier molecular flexibility index (Phi) is 3.74. The van der Waals surface area contributed by atoms with Gasteiger partial charge in [-0.3, -0.25) is 4.90 Å². The van der Waals surface area contributed by atoms with Gasteiger partial charge >= 0.3 is 5.97 Å². The molecule has 0 aliphatic carbocycles. The third-order valence-corrected chi connectivity index (χ3v) is 4.17. The van der Waals surface area contributed by atoms with E-state index in [2.05, 4.69) is 0 Å². The molecule has 5 heteroatoms. The Hall–Kier alpha value is -1.43. The van der Waals surface area contributed by atoms with Gasteiger partial charge in [0.2, 0.25) is 0 Å². The molecule has 3 rings (SSSR count). The van der Waals surface area contributed by atoms with E-state index in [0.717, 1.165) is 13.0 Å². The van der Waals surface area contributed by atoms with E-state index in [-0.39, 0.29) is 6.04 Å². The van der Waals surface area contributed by atoms with Crippen LogP contribution in [0.3, 0.4) is 0 Å². The number of esters is 1. The van der Waals surface area contributed by atoms with Crippen molar-refractivity contribution in [2.75, 3.05) is 13.1 Å². The van der Waals surface area contributed by atoms with Crippen LogP contribution >= 0.6 is 0 Å². The van der Waals surface area contributed by atoms with Gasteiger partial charge in [-0.15, -0.1) is 0 Å². The summed E-state index contributed by atoms with van der Waals surface area (Å²) in [5, 5.41) is 20.2. The van der Waals surface area contributed by atoms with Crippen molar-refractivity contribution in [3.8, 4) is 0 Å². The van der Waals surface area contributed by atoms with E-state index in [4.69, 9.17) is 4.74 Å². The number of fused-ring (bicyclic) bond motifs is 1. The SMILES string of the molecule is O=C(OC1CN2CCCC(O)C2[C@@H]1O)c1ccccc1. The second-order valence-corrected chi connectivity index (χ2v) is 5.50. The number of benzene rings is 1. The summed E-state index contributed by atoms with van der Waals surface area (Å²) in [6.45, 7) is 1.32. The zero-order valence-electron chi connectivity index (χ0n) is 11.2. The van der Waals surface area contributed by atoms with Crippen LogP contribution in [0.25, 0.3) is 0 Å². The van der Waals surface area contributed by atoms with E-state index >= 15 is 0 Å². The highest BCUT2D eigenvalue weighted by Crippen LogP contribution is 2.29. The molecule has 20 heavy (non-hydrogen) atoms. The number of ether oxygens (including phenoxy) is 1. The van der Waals surface area contributed by atoms with E-state index < -0.39 is 24.3 Å². The average molecular weight is 277 g/mol. The van der Waals surface area contributed by atoms with Crippen LogP contribution in [0.15, 0.2) is 30.3 Å². The van der Waals surface area contributed by atoms with Crippen LogP contribution < -0.4 is 0 Å². The molecule has 2 aliphatic rings. The molecule has 2 fully saturated rings. The lowest BCUT2D eigenvalue weighted by atomic mass is 9.97. The van der Waals surface area contributed by atoms with Crippen LogP contribution in [0.5, 0.6) is 0 Å². The normalized spacial score (nSPS) is 33.7. The number of hydrogen-bond donors (Lipinski definition) is 2. The fourth-order valence-electron chi connectivity index (χ4n) is 3.17. The van der Waals surface area contributed by atoms with Gasteiger partial charge in [0.25, 0.3) is 0 Å². The van der Waals surface area contributed by atoms with Crippen molar-refractivity contribution in [3.05, 3.63) is 35.9 Å². The third-order valence-electron chi connectivity index (χ3n) is 4.17. The number of rotatable bonds is 2. The number of piperidine rings is 1. The maximum atomic E-state index is 12.0. The summed E-state index contributed by atoms with van der Waals surface area (Å²) in [5.74, 6) is -0.427. The number of aliphatic hydroxyl groups is 2. The number of hydrogen-bond acceptors (Lipinski definition) is 5. The predicted molar refractivity (Wildman–Crippen MR) is 72.3 cm³/mol. The Morgan fingerprint density at radius 1 is 1.25 bits per heavy atom. The van der Waals surface area contributed by atoms with E-state index in [0.29, 0.717) is 18.5 Å². The highest BCUT2D eigenvalue weighted by Gasteiger charge is 2.47. The molecule has 0 bridgehead atoms. The topological polar surface area (TPSA) is 70.0 Å². The second kappa shape index (κ2) is 5.52. The molecule has 0 radical (unpaired) electrons. The van der Waals surface area contributed by atoms with Crippen LogP contribution in [0.2, 0.25) is 0 Å². The van der Waals surface area contributed by atoms with Crippen molar-refractivity contribution in [2.24, 2.45) is 0 Å². The molecule has 2 saturated heterocycles. The zero-order valence-corrected chi connectivity index (χ0v) is 11.2. The van der Waals surface area contributed by atoms with Gasteiger partial charge in [-0.1, -0.05) is 18.2 Å². The van der Waals surface area contributed by atoms with E-state index in [1.165, 1.54) is 0 Å². The van der Waals surface area contributed by atoms with Crippen LogP contribution in [0, 0.1) is 0 Å². The maximum Gasteiger partial charge on any atom is 0.338 e. The molecule has 2 N–H and O–H groups in total. The van der Waals surface area contributed by atoms with E-state index in [9.17, 15) is 15.0 Å². The molecular formula is C15H19NO4. The predicted octanol–water partition coefficient (Wildman–Crippen LogP) is 0.412. The summed E-state index contributed by atoms with van der Waals surface area (Å²) < 4.78 is 5.41. The first kappa shape index (κ1) is 13.5. The molecule has 3 unspecified atom stereocenters. The van der Waals surface area contributed by atoms with Gasteiger partial charge in [-0.05, 0) is 31.5 Å². The summed E-state index contributed by atoms with van der Waals surface area (Å²) in [4.78, 5) is 14.0. The number of aliphatic hydroxyl groups excluding tert-OH is 2. The molecule has 0 spiro atoms. The fourth-order valence-corrected chi connectivity index (χ4v) is 3.17. The highest BCUT2D eigenvalue weighted by molar-refractivity contribution is 5.89. The van der Waals surface area contributed by atoms with Gasteiger partial charge in [-0.25, -0.2) is 4.79 Å². The molecule has 1 aromatic carbocycles. The zero-order chi connectivity index (χ0) is 14.1. The molecule has 1 aromatic rings. The molecular weight excluding hydrogens is 258 g/mol. The Balaban J connectivity index is 1.68. The van der Waals surface area contributed by atoms with Gasteiger partial charge in [0.1, 0.15) is 12.2 Å². The van der Waals surface area contributed by atoms with Gasteiger partial charge in [-0.2, -0.15) is 0 Å². The van der Waals surface area contributed by atoms with Crippen LogP contribution in [0.4, 0.5) is 0 Å². The monoisotopic (exact) mass is 277 g/mol. The van der Waals surface area contributed by atoms with Gasteiger partial charge in [0.05, 0.1) is 17.7 Å². The van der Waals surface area contributed by atoms with Crippen LogP contribution in [-0.2, 0) is 4.74 Å². The molecule has 2 aliphatic heterocycles. The van der Waals surface area contributed by atoms with Crippen molar-refractivity contribution in [3.63, 3.8) is 0 Å². The summed E-state index contributed by atoms with van der Waals surface area (Å²) in [6, 6.07) is 8.44. The lowest BCUT2D eigenvalue weighted by Crippen LogP contribution is -2.49. The van der Waals surface area contributed by atoms with Crippen LogP contribution in [0.1, 0.15) is 23.2 Å². The Morgan fingerprint density at radius 2 is 2.00 bits per heavy atom. The highest BCUT2D eigenvalue weighted by atomic mass is 16.6. The first-order valence-corrected chi connectivity index (χ1v) is 7.03. The Morgan fingerprint density at radius 3 is 2.70 bits per heavy atom. The average Bonchev–Trinajstić information content (AvgIpc) is 2.78. The van der Waals surface area contributed by atoms with Gasteiger partial charge < -0.3 is 14.9 Å². The molecule has 4 atom stereocenters. The second-order valence-electron chi connectivity index (χ2n) is 5.50. The molecule has 108 valence electrons. The number of carbonyl (C=O) groups is 1. The van der Waals surface area contributed by atoms with Crippen molar-refractivity contribution < 1.29 is 19.7 Å². The van der Waals surface area contributed by atoms with Crippen molar-refractivity contribution in [2.45, 2.75) is 37.2 Å². The quantitative estimate of drug-likeness (QED) is 0.766. The van der Waals surface area contributed by atoms with Gasteiger partial charge in [0.15, 0.2) is 0 Å². The lowest BCUT2D eigenvalue weighted by Gasteiger charge is -2.34. The standard InChI is InChI=1S/C15H19NO4/c17-11-7-4-8-16-9-12(14(18)13(11)16)20-15(19)10-5-2-1-3-6-10/h1-3,5-6,11-14,17-18H,4,7-9H2/t11?,12?,13?,14-/m1/s1. The van der Waals surface area contributed by atoms with E-state index in [1.54, 1.807) is 24.3 Å². The molecule has 0 aromatic heterocycles. The first-order valence-electron chi connectivity index (χ1n) is 7.03. The third kappa shape index (κ3) is 2.44. The minimum absolute atomic E-state index is 0.308. The Bertz CT molecular complexity index is 478. The largest absolute Gasteiger partial charge is 0.455 e. The molecule has 5 nitrogen and oxygen atoms in total. The maximum absolute atomic E-state index is 12.0. The van der Waals surface area contributed by atoms with Crippen molar-refractivity contribution in [1.82, 2.24) is 4.90 Å². The number of carbonyl (C=O) groups excluding carboxylic acids is 1. The summed E-state index contributed by atoms with van der Waals surface area (Å²) in [6.07, 6.45) is -0.334. The van der Waals surface area contributed by atoms with Crippen LogP contribution in [-0.4, -0.2) is 58.5 Å². The van der Waals surface area contributed by atoms with Crippen molar-refractivity contribution >= 4 is 5.97 Å².